The molecule has 5 N–H and O–H groups in total. The van der Waals surface area contributed by atoms with E-state index in [0.29, 0.717) is 5.56 Å². The quantitative estimate of drug-likeness (QED) is 0.750. The predicted molar refractivity (Wildman–Crippen MR) is 64.5 cm³/mol. The van der Waals surface area contributed by atoms with Crippen LogP contribution in [0.1, 0.15) is 5.56 Å². The molecule has 1 amide bonds. The van der Waals surface area contributed by atoms with E-state index in [-0.39, 0.29) is 6.54 Å². The van der Waals surface area contributed by atoms with Gasteiger partial charge in [0.1, 0.15) is 6.04 Å². The molecule has 0 aliphatic rings. The van der Waals surface area contributed by atoms with Crippen LogP contribution in [0, 0.1) is 11.3 Å². The molecule has 1 unspecified atom stereocenters. The van der Waals surface area contributed by atoms with Gasteiger partial charge in [0.2, 0.25) is 5.91 Å². The van der Waals surface area contributed by atoms with Gasteiger partial charge < -0.3 is 16.8 Å². The van der Waals surface area contributed by atoms with Crippen LogP contribution < -0.4 is 16.8 Å². The van der Waals surface area contributed by atoms with Crippen molar-refractivity contribution in [1.29, 1.82) is 5.26 Å². The Morgan fingerprint density at radius 2 is 2.31 bits per heavy atom. The fourth-order valence-corrected chi connectivity index (χ4v) is 1.57. The highest BCUT2D eigenvalue weighted by atomic mass is 79.9. The average Bonchev–Trinajstić information content (AvgIpc) is 2.26. The van der Waals surface area contributed by atoms with Crippen LogP contribution in [-0.2, 0) is 4.79 Å². The third-order valence-electron chi connectivity index (χ3n) is 1.98. The minimum absolute atomic E-state index is 0.250. The summed E-state index contributed by atoms with van der Waals surface area (Å²) < 4.78 is 0.739. The lowest BCUT2D eigenvalue weighted by molar-refractivity contribution is -0.118. The van der Waals surface area contributed by atoms with Gasteiger partial charge in [0.05, 0.1) is 11.6 Å². The normalized spacial score (nSPS) is 11.6. The van der Waals surface area contributed by atoms with Crippen LogP contribution in [0.4, 0.5) is 5.69 Å². The molecule has 0 fully saturated rings. The van der Waals surface area contributed by atoms with E-state index in [1.54, 1.807) is 18.2 Å². The van der Waals surface area contributed by atoms with Crippen molar-refractivity contribution < 1.29 is 4.79 Å². The standard InChI is InChI=1S/C10H11BrN4O/c11-7-3-6(4-12)1-2-9(7)15-5-8(13)10(14)16/h1-3,8,15H,5,13H2,(H2,14,16). The van der Waals surface area contributed by atoms with Crippen molar-refractivity contribution in [3.05, 3.63) is 28.2 Å². The molecule has 0 saturated heterocycles. The summed E-state index contributed by atoms with van der Waals surface area (Å²) in [5.41, 5.74) is 11.8. The van der Waals surface area contributed by atoms with E-state index < -0.39 is 11.9 Å². The lowest BCUT2D eigenvalue weighted by Crippen LogP contribution is -2.41. The molecule has 0 bridgehead atoms. The second-order valence-electron chi connectivity index (χ2n) is 3.20. The van der Waals surface area contributed by atoms with E-state index in [1.807, 2.05) is 6.07 Å². The van der Waals surface area contributed by atoms with Gasteiger partial charge in [-0.25, -0.2) is 0 Å². The van der Waals surface area contributed by atoms with Crippen molar-refractivity contribution in [1.82, 2.24) is 0 Å². The fraction of sp³-hybridized carbons (Fsp3) is 0.200. The van der Waals surface area contributed by atoms with Crippen molar-refractivity contribution in [3.8, 4) is 6.07 Å². The van der Waals surface area contributed by atoms with Crippen LogP contribution >= 0.6 is 15.9 Å². The van der Waals surface area contributed by atoms with Crippen molar-refractivity contribution in [3.63, 3.8) is 0 Å². The summed E-state index contributed by atoms with van der Waals surface area (Å²) in [6.45, 7) is 0.250. The Balaban J connectivity index is 2.69. The molecular weight excluding hydrogens is 272 g/mol. The molecule has 6 heteroatoms. The summed E-state index contributed by atoms with van der Waals surface area (Å²) in [6.07, 6.45) is 0. The van der Waals surface area contributed by atoms with Gasteiger partial charge in [0, 0.05) is 16.7 Å². The molecule has 16 heavy (non-hydrogen) atoms. The number of hydrogen-bond acceptors (Lipinski definition) is 4. The summed E-state index contributed by atoms with van der Waals surface area (Å²) in [5, 5.41) is 11.6. The topological polar surface area (TPSA) is 105 Å². The molecule has 0 radical (unpaired) electrons. The van der Waals surface area contributed by atoms with Gasteiger partial charge in [-0.1, -0.05) is 0 Å². The number of hydrogen-bond donors (Lipinski definition) is 3. The predicted octanol–water partition coefficient (Wildman–Crippen LogP) is 0.545. The van der Waals surface area contributed by atoms with Crippen LogP contribution in [0.5, 0.6) is 0 Å². The van der Waals surface area contributed by atoms with Gasteiger partial charge in [-0.2, -0.15) is 5.26 Å². The first-order chi connectivity index (χ1) is 7.54. The Labute approximate surface area is 102 Å². The van der Waals surface area contributed by atoms with Crippen LogP contribution in [0.2, 0.25) is 0 Å². The average molecular weight is 283 g/mol. The maximum atomic E-state index is 10.7. The monoisotopic (exact) mass is 282 g/mol. The van der Waals surface area contributed by atoms with Crippen molar-refractivity contribution in [2.45, 2.75) is 6.04 Å². The van der Waals surface area contributed by atoms with Gasteiger partial charge in [-0.05, 0) is 34.1 Å². The highest BCUT2D eigenvalue weighted by molar-refractivity contribution is 9.10. The second-order valence-corrected chi connectivity index (χ2v) is 4.05. The number of benzene rings is 1. The first-order valence-electron chi connectivity index (χ1n) is 4.53. The van der Waals surface area contributed by atoms with E-state index in [1.165, 1.54) is 0 Å². The number of nitrogens with zero attached hydrogens (tertiary/aromatic N) is 1. The number of halogens is 1. The molecular formula is C10H11BrN4O. The number of nitrogens with two attached hydrogens (primary N) is 2. The highest BCUT2D eigenvalue weighted by Crippen LogP contribution is 2.23. The van der Waals surface area contributed by atoms with E-state index in [0.717, 1.165) is 10.2 Å². The van der Waals surface area contributed by atoms with Crippen LogP contribution in [-0.4, -0.2) is 18.5 Å². The Hall–Kier alpha value is -1.58. The Morgan fingerprint density at radius 1 is 1.62 bits per heavy atom. The summed E-state index contributed by atoms with van der Waals surface area (Å²) in [5.74, 6) is -0.558. The van der Waals surface area contributed by atoms with Gasteiger partial charge in [-0.3, -0.25) is 4.79 Å². The smallest absolute Gasteiger partial charge is 0.236 e. The molecule has 1 rings (SSSR count). The van der Waals surface area contributed by atoms with E-state index >= 15 is 0 Å². The number of nitriles is 1. The summed E-state index contributed by atoms with van der Waals surface area (Å²) in [6, 6.07) is 6.37. The third-order valence-corrected chi connectivity index (χ3v) is 2.63. The molecule has 0 saturated carbocycles. The number of anilines is 1. The van der Waals surface area contributed by atoms with Gasteiger partial charge in [0.25, 0.3) is 0 Å². The first kappa shape index (κ1) is 12.5. The van der Waals surface area contributed by atoms with Gasteiger partial charge in [0.15, 0.2) is 0 Å². The van der Waals surface area contributed by atoms with E-state index in [4.69, 9.17) is 16.7 Å². The molecule has 0 aromatic heterocycles. The maximum absolute atomic E-state index is 10.7. The third kappa shape index (κ3) is 3.22. The first-order valence-corrected chi connectivity index (χ1v) is 5.32. The lowest BCUT2D eigenvalue weighted by atomic mass is 10.2. The number of amides is 1. The summed E-state index contributed by atoms with van der Waals surface area (Å²) >= 11 is 3.30. The minimum Gasteiger partial charge on any atom is -0.382 e. The van der Waals surface area contributed by atoms with Crippen LogP contribution in [0.15, 0.2) is 22.7 Å². The van der Waals surface area contributed by atoms with Crippen LogP contribution in [0.3, 0.4) is 0 Å². The lowest BCUT2D eigenvalue weighted by Gasteiger charge is -2.11. The number of carbonyl (C=O) groups excluding carboxylic acids is 1. The number of rotatable bonds is 4. The molecule has 0 aliphatic carbocycles. The van der Waals surface area contributed by atoms with Crippen LogP contribution in [0.25, 0.3) is 0 Å². The van der Waals surface area contributed by atoms with Crippen molar-refractivity contribution in [2.75, 3.05) is 11.9 Å². The van der Waals surface area contributed by atoms with Crippen molar-refractivity contribution in [2.24, 2.45) is 11.5 Å². The SMILES string of the molecule is N#Cc1ccc(NCC(N)C(N)=O)c(Br)c1. The Morgan fingerprint density at radius 3 is 2.81 bits per heavy atom. The molecule has 1 aromatic carbocycles. The summed E-state index contributed by atoms with van der Waals surface area (Å²) in [4.78, 5) is 10.7. The molecule has 1 atom stereocenters. The zero-order valence-electron chi connectivity index (χ0n) is 8.40. The van der Waals surface area contributed by atoms with E-state index in [9.17, 15) is 4.79 Å². The molecule has 1 aromatic rings. The second kappa shape index (κ2) is 5.49. The molecule has 5 nitrogen and oxygen atoms in total. The molecule has 0 heterocycles. The highest BCUT2D eigenvalue weighted by Gasteiger charge is 2.09. The largest absolute Gasteiger partial charge is 0.382 e. The zero-order chi connectivity index (χ0) is 12.1. The number of carbonyl (C=O) groups is 1. The van der Waals surface area contributed by atoms with E-state index in [2.05, 4.69) is 21.2 Å². The maximum Gasteiger partial charge on any atom is 0.236 e. The molecule has 0 spiro atoms. The minimum atomic E-state index is -0.734. The number of nitrogens with one attached hydrogen (secondary N) is 1. The van der Waals surface area contributed by atoms with Crippen molar-refractivity contribution >= 4 is 27.5 Å². The Kier molecular flexibility index (Phi) is 4.28. The molecule has 0 aliphatic heterocycles. The fourth-order valence-electron chi connectivity index (χ4n) is 1.05. The zero-order valence-corrected chi connectivity index (χ0v) is 9.99. The number of primary amides is 1. The van der Waals surface area contributed by atoms with Gasteiger partial charge in [-0.15, -0.1) is 0 Å². The van der Waals surface area contributed by atoms with Gasteiger partial charge >= 0.3 is 0 Å². The Bertz CT molecular complexity index is 441. The molecule has 84 valence electrons. The summed E-state index contributed by atoms with van der Waals surface area (Å²) in [7, 11) is 0.